The third kappa shape index (κ3) is 5.28. The van der Waals surface area contributed by atoms with Gasteiger partial charge in [0.05, 0.1) is 22.3 Å². The predicted molar refractivity (Wildman–Crippen MR) is 143 cm³/mol. The topological polar surface area (TPSA) is 102 Å². The fourth-order valence-electron chi connectivity index (χ4n) is 4.32. The molecule has 37 heavy (non-hydrogen) atoms. The number of nitrogens with zero attached hydrogens (tertiary/aromatic N) is 4. The number of hydrogen-bond donors (Lipinski definition) is 1. The van der Waals surface area contributed by atoms with Crippen LogP contribution in [0, 0.1) is 0 Å². The Labute approximate surface area is 217 Å². The van der Waals surface area contributed by atoms with Gasteiger partial charge in [-0.3, -0.25) is 9.69 Å². The second-order valence-corrected chi connectivity index (χ2v) is 15.4. The van der Waals surface area contributed by atoms with Gasteiger partial charge in [-0.2, -0.15) is 9.97 Å². The number of furan rings is 1. The first kappa shape index (κ1) is 25.1. The number of hydrogen-bond acceptors (Lipinski definition) is 9. The Bertz CT molecular complexity index is 1260. The normalized spacial score (nSPS) is 16.1. The Hall–Kier alpha value is -3.57. The molecule has 0 aliphatic carbocycles. The molecule has 4 heterocycles. The lowest BCUT2D eigenvalue weighted by Gasteiger charge is -2.48. The van der Waals surface area contributed by atoms with E-state index >= 15 is 0 Å². The summed E-state index contributed by atoms with van der Waals surface area (Å²) in [7, 11) is 1.50. The number of benzene rings is 1. The first-order chi connectivity index (χ1) is 17.7. The molecule has 2 aromatic heterocycles. The van der Waals surface area contributed by atoms with Gasteiger partial charge < -0.3 is 28.8 Å². The smallest absolute Gasteiger partial charge is 0.291 e. The van der Waals surface area contributed by atoms with Crippen LogP contribution in [0.4, 0.5) is 11.6 Å². The van der Waals surface area contributed by atoms with Crippen LogP contribution in [0.2, 0.25) is 19.6 Å². The van der Waals surface area contributed by atoms with Gasteiger partial charge in [0.25, 0.3) is 11.9 Å². The summed E-state index contributed by atoms with van der Waals surface area (Å²) in [5.74, 6) is 1.40. The van der Waals surface area contributed by atoms with Crippen LogP contribution in [0.1, 0.15) is 17.0 Å². The Morgan fingerprint density at radius 1 is 1.05 bits per heavy atom. The molecule has 2 aliphatic rings. The van der Waals surface area contributed by atoms with Crippen molar-refractivity contribution in [3.63, 3.8) is 0 Å². The number of likely N-dealkylation sites (tertiary alicyclic amines) is 1. The van der Waals surface area contributed by atoms with Crippen molar-refractivity contribution in [3.05, 3.63) is 42.2 Å². The molecule has 196 valence electrons. The number of ether oxygens (including phenoxy) is 3. The molecule has 2 saturated heterocycles. The van der Waals surface area contributed by atoms with E-state index in [0.717, 1.165) is 26.2 Å². The summed E-state index contributed by atoms with van der Waals surface area (Å²) < 4.78 is 22.5. The van der Waals surface area contributed by atoms with E-state index < -0.39 is 14.0 Å². The number of amides is 1. The van der Waals surface area contributed by atoms with E-state index in [0.29, 0.717) is 17.7 Å². The average Bonchev–Trinajstić information content (AvgIpc) is 3.28. The molecular formula is C26H33N5O5Si. The van der Waals surface area contributed by atoms with Gasteiger partial charge in [-0.25, -0.2) is 0 Å². The second-order valence-electron chi connectivity index (χ2n) is 10.3. The molecule has 11 heteroatoms. The van der Waals surface area contributed by atoms with Gasteiger partial charge >= 0.3 is 0 Å². The van der Waals surface area contributed by atoms with Crippen molar-refractivity contribution in [1.82, 2.24) is 14.9 Å². The van der Waals surface area contributed by atoms with Gasteiger partial charge in [0.15, 0.2) is 11.4 Å². The SMILES string of the molecule is COc1nc(N2CC(N3CCC3)C2)nc(OC)c1NC(=O)c1ccc(Oc2cccc([Si](C)(C)C)c2)o1. The predicted octanol–water partition coefficient (Wildman–Crippen LogP) is 3.57. The molecule has 10 nitrogen and oxygen atoms in total. The Morgan fingerprint density at radius 2 is 1.76 bits per heavy atom. The first-order valence-corrected chi connectivity index (χ1v) is 15.9. The fourth-order valence-corrected chi connectivity index (χ4v) is 5.50. The minimum atomic E-state index is -1.49. The maximum atomic E-state index is 13.0. The van der Waals surface area contributed by atoms with Gasteiger partial charge in [0.2, 0.25) is 17.7 Å². The molecule has 0 radical (unpaired) electrons. The zero-order chi connectivity index (χ0) is 26.2. The number of nitrogens with one attached hydrogen (secondary N) is 1. The molecule has 1 amide bonds. The van der Waals surface area contributed by atoms with Crippen molar-refractivity contribution in [2.75, 3.05) is 50.6 Å². The summed E-state index contributed by atoms with van der Waals surface area (Å²) in [6, 6.07) is 11.7. The molecule has 5 rings (SSSR count). The van der Waals surface area contributed by atoms with E-state index in [1.54, 1.807) is 12.1 Å². The van der Waals surface area contributed by atoms with E-state index in [-0.39, 0.29) is 29.2 Å². The highest BCUT2D eigenvalue weighted by atomic mass is 28.3. The van der Waals surface area contributed by atoms with Gasteiger partial charge in [0.1, 0.15) is 5.75 Å². The van der Waals surface area contributed by atoms with Crippen LogP contribution < -0.4 is 29.6 Å². The van der Waals surface area contributed by atoms with Crippen LogP contribution in [-0.4, -0.2) is 75.3 Å². The minimum absolute atomic E-state index is 0.0738. The van der Waals surface area contributed by atoms with Crippen LogP contribution >= 0.6 is 0 Å². The van der Waals surface area contributed by atoms with E-state index in [9.17, 15) is 4.79 Å². The summed E-state index contributed by atoms with van der Waals surface area (Å²) in [6.45, 7) is 10.8. The van der Waals surface area contributed by atoms with E-state index in [1.807, 2.05) is 18.2 Å². The maximum absolute atomic E-state index is 13.0. The number of methoxy groups -OCH3 is 2. The van der Waals surface area contributed by atoms with Crippen LogP contribution in [0.5, 0.6) is 23.5 Å². The lowest BCUT2D eigenvalue weighted by Crippen LogP contribution is -2.63. The average molecular weight is 524 g/mol. The highest BCUT2D eigenvalue weighted by molar-refractivity contribution is 6.88. The number of aromatic nitrogens is 2. The Kier molecular flexibility index (Phi) is 6.82. The largest absolute Gasteiger partial charge is 0.479 e. The quantitative estimate of drug-likeness (QED) is 0.422. The molecule has 1 aromatic carbocycles. The van der Waals surface area contributed by atoms with E-state index in [1.165, 1.54) is 25.8 Å². The summed E-state index contributed by atoms with van der Waals surface area (Å²) in [4.78, 5) is 26.6. The number of anilines is 2. The Morgan fingerprint density at radius 3 is 2.35 bits per heavy atom. The first-order valence-electron chi connectivity index (χ1n) is 12.4. The monoisotopic (exact) mass is 523 g/mol. The van der Waals surface area contributed by atoms with Crippen molar-refractivity contribution in [2.24, 2.45) is 0 Å². The summed E-state index contributed by atoms with van der Waals surface area (Å²) in [6.07, 6.45) is 1.26. The lowest BCUT2D eigenvalue weighted by atomic mass is 10.0. The fraction of sp³-hybridized carbons (Fsp3) is 0.423. The second kappa shape index (κ2) is 10.1. The van der Waals surface area contributed by atoms with Gasteiger partial charge in [0, 0.05) is 25.2 Å². The number of rotatable bonds is 9. The van der Waals surface area contributed by atoms with Crippen LogP contribution in [0.3, 0.4) is 0 Å². The van der Waals surface area contributed by atoms with Crippen LogP contribution in [0.25, 0.3) is 0 Å². The summed E-state index contributed by atoms with van der Waals surface area (Å²) >= 11 is 0. The molecule has 0 saturated carbocycles. The molecule has 0 unspecified atom stereocenters. The molecule has 2 fully saturated rings. The standard InChI is InChI=1S/C26H33N5O5Si/c1-33-24-22(25(34-2)29-26(28-24)31-15-17(16-31)30-12-7-13-30)27-23(32)20-10-11-21(36-20)35-18-8-6-9-19(14-18)37(3,4)5/h6,8-11,14,17H,7,12-13,15-16H2,1-5H3,(H,27,32). The number of carbonyl (C=O) groups is 1. The van der Waals surface area contributed by atoms with Crippen molar-refractivity contribution in [2.45, 2.75) is 32.1 Å². The molecule has 0 bridgehead atoms. The minimum Gasteiger partial charge on any atom is -0.479 e. The summed E-state index contributed by atoms with van der Waals surface area (Å²) in [5.41, 5.74) is 0.236. The summed E-state index contributed by atoms with van der Waals surface area (Å²) in [5, 5.41) is 4.04. The van der Waals surface area contributed by atoms with E-state index in [2.05, 4.69) is 50.8 Å². The Balaban J connectivity index is 1.28. The third-order valence-electron chi connectivity index (χ3n) is 6.73. The zero-order valence-corrected chi connectivity index (χ0v) is 22.9. The van der Waals surface area contributed by atoms with Crippen LogP contribution in [-0.2, 0) is 0 Å². The molecule has 0 atom stereocenters. The van der Waals surface area contributed by atoms with Crippen LogP contribution in [0.15, 0.2) is 40.8 Å². The lowest BCUT2D eigenvalue weighted by molar-refractivity contribution is 0.0968. The highest BCUT2D eigenvalue weighted by Gasteiger charge is 2.36. The third-order valence-corrected chi connectivity index (χ3v) is 8.77. The van der Waals surface area contributed by atoms with Crippen molar-refractivity contribution in [3.8, 4) is 23.5 Å². The molecule has 1 N–H and O–H groups in total. The molecular weight excluding hydrogens is 490 g/mol. The van der Waals surface area contributed by atoms with Crippen molar-refractivity contribution in [1.29, 1.82) is 0 Å². The van der Waals surface area contributed by atoms with Crippen molar-refractivity contribution < 1.29 is 23.4 Å². The molecule has 2 aliphatic heterocycles. The zero-order valence-electron chi connectivity index (χ0n) is 21.9. The van der Waals surface area contributed by atoms with Gasteiger partial charge in [-0.1, -0.05) is 37.0 Å². The molecule has 0 spiro atoms. The van der Waals surface area contributed by atoms with E-state index in [4.69, 9.17) is 18.6 Å². The molecule has 3 aromatic rings. The van der Waals surface area contributed by atoms with Gasteiger partial charge in [-0.15, -0.1) is 0 Å². The maximum Gasteiger partial charge on any atom is 0.291 e. The van der Waals surface area contributed by atoms with Crippen molar-refractivity contribution >= 4 is 30.8 Å². The van der Waals surface area contributed by atoms with Gasteiger partial charge in [-0.05, 0) is 37.7 Å². The number of carbonyl (C=O) groups excluding carboxylic acids is 1. The highest BCUT2D eigenvalue weighted by Crippen LogP contribution is 2.36.